The zero-order valence-electron chi connectivity index (χ0n) is 13.3. The van der Waals surface area contributed by atoms with Crippen molar-refractivity contribution in [3.05, 3.63) is 29.3 Å². The zero-order chi connectivity index (χ0) is 15.1. The van der Waals surface area contributed by atoms with E-state index in [1.165, 1.54) is 29.7 Å². The highest BCUT2D eigenvalue weighted by Gasteiger charge is 2.20. The van der Waals surface area contributed by atoms with Gasteiger partial charge in [-0.15, -0.1) is 0 Å². The van der Waals surface area contributed by atoms with Crippen LogP contribution in [0.2, 0.25) is 0 Å². The number of nitrogens with zero attached hydrogens (tertiary/aromatic N) is 1. The van der Waals surface area contributed by atoms with Crippen LogP contribution in [0.5, 0.6) is 0 Å². The first kappa shape index (κ1) is 16.3. The number of benzene rings is 1. The number of ether oxygens (including phenoxy) is 1. The molecule has 0 aromatic heterocycles. The Balaban J connectivity index is 1.74. The Kier molecular flexibility index (Phi) is 6.49. The Morgan fingerprint density at radius 3 is 2.71 bits per heavy atom. The first-order valence-corrected chi connectivity index (χ1v) is 7.95. The van der Waals surface area contributed by atoms with Crippen LogP contribution < -0.4 is 10.2 Å². The van der Waals surface area contributed by atoms with Crippen molar-refractivity contribution in [2.24, 2.45) is 0 Å². The molecule has 1 aromatic rings. The second-order valence-electron chi connectivity index (χ2n) is 5.77. The van der Waals surface area contributed by atoms with E-state index >= 15 is 0 Å². The van der Waals surface area contributed by atoms with Gasteiger partial charge in [-0.2, -0.15) is 0 Å². The highest BCUT2D eigenvalue weighted by atomic mass is 16.5. The molecule has 0 saturated carbocycles. The van der Waals surface area contributed by atoms with Gasteiger partial charge < -0.3 is 20.1 Å². The molecule has 2 rings (SSSR count). The van der Waals surface area contributed by atoms with E-state index in [9.17, 15) is 0 Å². The molecule has 21 heavy (non-hydrogen) atoms. The predicted octanol–water partition coefficient (Wildman–Crippen LogP) is 1.87. The standard InChI is InChI=1S/C17H28N2O2/c1-14-4-3-5-17(15(14)2)19-9-6-16(7-10-19)18-8-12-21-13-11-20/h3-5,16,18,20H,6-13H2,1-2H3. The third kappa shape index (κ3) is 4.70. The smallest absolute Gasteiger partial charge is 0.0698 e. The maximum absolute atomic E-state index is 8.64. The fraction of sp³-hybridized carbons (Fsp3) is 0.647. The van der Waals surface area contributed by atoms with Crippen molar-refractivity contribution in [2.75, 3.05) is 44.4 Å². The molecule has 0 amide bonds. The van der Waals surface area contributed by atoms with E-state index in [0.717, 1.165) is 19.6 Å². The number of piperidine rings is 1. The van der Waals surface area contributed by atoms with Crippen LogP contribution in [-0.2, 0) is 4.74 Å². The van der Waals surface area contributed by atoms with Crippen LogP contribution in [0.4, 0.5) is 5.69 Å². The van der Waals surface area contributed by atoms with Gasteiger partial charge in [0.2, 0.25) is 0 Å². The Bertz CT molecular complexity index is 429. The van der Waals surface area contributed by atoms with Gasteiger partial charge in [-0.25, -0.2) is 0 Å². The number of hydrogen-bond acceptors (Lipinski definition) is 4. The second-order valence-corrected chi connectivity index (χ2v) is 5.77. The van der Waals surface area contributed by atoms with E-state index < -0.39 is 0 Å². The summed E-state index contributed by atoms with van der Waals surface area (Å²) >= 11 is 0. The zero-order valence-corrected chi connectivity index (χ0v) is 13.3. The van der Waals surface area contributed by atoms with Crippen molar-refractivity contribution in [1.82, 2.24) is 5.32 Å². The van der Waals surface area contributed by atoms with Crippen LogP contribution in [-0.4, -0.2) is 50.6 Å². The predicted molar refractivity (Wildman–Crippen MR) is 87.1 cm³/mol. The van der Waals surface area contributed by atoms with Gasteiger partial charge in [-0.1, -0.05) is 12.1 Å². The van der Waals surface area contributed by atoms with E-state index in [-0.39, 0.29) is 6.61 Å². The first-order valence-electron chi connectivity index (χ1n) is 7.95. The van der Waals surface area contributed by atoms with Crippen LogP contribution >= 0.6 is 0 Å². The lowest BCUT2D eigenvalue weighted by Crippen LogP contribution is -2.43. The van der Waals surface area contributed by atoms with E-state index in [2.05, 4.69) is 42.3 Å². The minimum absolute atomic E-state index is 0.105. The topological polar surface area (TPSA) is 44.7 Å². The van der Waals surface area contributed by atoms with E-state index in [1.54, 1.807) is 0 Å². The Morgan fingerprint density at radius 1 is 1.24 bits per heavy atom. The number of nitrogens with one attached hydrogen (secondary N) is 1. The molecular formula is C17H28N2O2. The summed E-state index contributed by atoms with van der Waals surface area (Å²) in [5.41, 5.74) is 4.16. The Morgan fingerprint density at radius 2 is 2.00 bits per heavy atom. The highest BCUT2D eigenvalue weighted by Crippen LogP contribution is 2.25. The van der Waals surface area contributed by atoms with Crippen molar-refractivity contribution in [2.45, 2.75) is 32.7 Å². The molecule has 1 aliphatic heterocycles. The number of rotatable bonds is 7. The number of anilines is 1. The molecule has 0 bridgehead atoms. The summed E-state index contributed by atoms with van der Waals surface area (Å²) in [4.78, 5) is 2.50. The van der Waals surface area contributed by atoms with Crippen LogP contribution in [0.1, 0.15) is 24.0 Å². The maximum Gasteiger partial charge on any atom is 0.0698 e. The Labute approximate surface area is 128 Å². The largest absolute Gasteiger partial charge is 0.394 e. The van der Waals surface area contributed by atoms with Crippen molar-refractivity contribution in [1.29, 1.82) is 0 Å². The van der Waals surface area contributed by atoms with Gasteiger partial charge >= 0.3 is 0 Å². The molecule has 1 saturated heterocycles. The van der Waals surface area contributed by atoms with Crippen molar-refractivity contribution in [3.63, 3.8) is 0 Å². The highest BCUT2D eigenvalue weighted by molar-refractivity contribution is 5.56. The summed E-state index contributed by atoms with van der Waals surface area (Å²) < 4.78 is 5.27. The summed E-state index contributed by atoms with van der Waals surface area (Å²) in [5, 5.41) is 12.2. The molecule has 0 unspecified atom stereocenters. The number of hydrogen-bond donors (Lipinski definition) is 2. The molecule has 0 atom stereocenters. The molecule has 0 spiro atoms. The quantitative estimate of drug-likeness (QED) is 0.753. The summed E-state index contributed by atoms with van der Waals surface area (Å²) in [6, 6.07) is 7.16. The average Bonchev–Trinajstić information content (AvgIpc) is 2.51. The summed E-state index contributed by atoms with van der Waals surface area (Å²) in [5.74, 6) is 0. The monoisotopic (exact) mass is 292 g/mol. The molecular weight excluding hydrogens is 264 g/mol. The van der Waals surface area contributed by atoms with E-state index in [0.29, 0.717) is 19.3 Å². The van der Waals surface area contributed by atoms with Gasteiger partial charge in [0.15, 0.2) is 0 Å². The summed E-state index contributed by atoms with van der Waals surface area (Å²) in [7, 11) is 0. The van der Waals surface area contributed by atoms with Crippen LogP contribution in [0.3, 0.4) is 0 Å². The maximum atomic E-state index is 8.64. The lowest BCUT2D eigenvalue weighted by Gasteiger charge is -2.35. The number of aryl methyl sites for hydroxylation is 1. The molecule has 118 valence electrons. The number of aliphatic hydroxyl groups is 1. The normalized spacial score (nSPS) is 16.4. The summed E-state index contributed by atoms with van der Waals surface area (Å²) in [6.07, 6.45) is 2.35. The van der Waals surface area contributed by atoms with Crippen LogP contribution in [0.25, 0.3) is 0 Å². The number of aliphatic hydroxyl groups excluding tert-OH is 1. The third-order valence-corrected chi connectivity index (χ3v) is 4.33. The lowest BCUT2D eigenvalue weighted by molar-refractivity contribution is 0.0921. The second kappa shape index (κ2) is 8.37. The molecule has 4 heteroatoms. The third-order valence-electron chi connectivity index (χ3n) is 4.33. The minimum Gasteiger partial charge on any atom is -0.394 e. The van der Waals surface area contributed by atoms with E-state index in [4.69, 9.17) is 9.84 Å². The molecule has 1 aliphatic rings. The van der Waals surface area contributed by atoms with Gasteiger partial charge in [-0.3, -0.25) is 0 Å². The van der Waals surface area contributed by atoms with Crippen molar-refractivity contribution < 1.29 is 9.84 Å². The minimum atomic E-state index is 0.105. The molecule has 2 N–H and O–H groups in total. The van der Waals surface area contributed by atoms with Crippen LogP contribution in [0.15, 0.2) is 18.2 Å². The molecule has 4 nitrogen and oxygen atoms in total. The summed E-state index contributed by atoms with van der Waals surface area (Å²) in [6.45, 7) is 8.71. The average molecular weight is 292 g/mol. The van der Waals surface area contributed by atoms with Gasteiger partial charge in [0.1, 0.15) is 0 Å². The van der Waals surface area contributed by atoms with Crippen molar-refractivity contribution in [3.8, 4) is 0 Å². The molecule has 1 aromatic carbocycles. The molecule has 1 fully saturated rings. The fourth-order valence-electron chi connectivity index (χ4n) is 2.90. The van der Waals surface area contributed by atoms with Gasteiger partial charge in [-0.05, 0) is 43.9 Å². The fourth-order valence-corrected chi connectivity index (χ4v) is 2.90. The van der Waals surface area contributed by atoms with Gasteiger partial charge in [0, 0.05) is 31.4 Å². The first-order chi connectivity index (χ1) is 10.2. The van der Waals surface area contributed by atoms with E-state index in [1.807, 2.05) is 0 Å². The van der Waals surface area contributed by atoms with Crippen molar-refractivity contribution >= 4 is 5.69 Å². The van der Waals surface area contributed by atoms with Gasteiger partial charge in [0.05, 0.1) is 19.8 Å². The van der Waals surface area contributed by atoms with Crippen LogP contribution in [0, 0.1) is 13.8 Å². The van der Waals surface area contributed by atoms with Gasteiger partial charge in [0.25, 0.3) is 0 Å². The molecule has 0 aliphatic carbocycles. The molecule has 1 heterocycles. The molecule has 0 radical (unpaired) electrons. The SMILES string of the molecule is Cc1cccc(N2CCC(NCCOCCO)CC2)c1C. The Hall–Kier alpha value is -1.10. The lowest BCUT2D eigenvalue weighted by atomic mass is 10.0.